The summed E-state index contributed by atoms with van der Waals surface area (Å²) in [4.78, 5) is 9.44. The molecule has 0 amide bonds. The summed E-state index contributed by atoms with van der Waals surface area (Å²) in [6.07, 6.45) is -8.17. The van der Waals surface area contributed by atoms with E-state index in [0.29, 0.717) is 0 Å². The Morgan fingerprint density at radius 1 is 0.800 bits per heavy atom. The Hall–Kier alpha value is -0.800. The van der Waals surface area contributed by atoms with Crippen molar-refractivity contribution in [1.29, 1.82) is 0 Å². The zero-order chi connectivity index (χ0) is 17.6. The van der Waals surface area contributed by atoms with Crippen LogP contribution in [0.3, 0.4) is 0 Å². The highest BCUT2D eigenvalue weighted by Crippen LogP contribution is 2.49. The number of ketones is 1. The van der Waals surface area contributed by atoms with Gasteiger partial charge >= 0.3 is 12.4 Å². The molecule has 0 aromatic heterocycles. The number of sulfone groups is 1. The van der Waals surface area contributed by atoms with E-state index in [2.05, 4.69) is 0 Å². The molecule has 0 radical (unpaired) electrons. The average Bonchev–Trinajstić information content (AvgIpc) is 1.93. The van der Waals surface area contributed by atoms with Gasteiger partial charge in [-0.25, -0.2) is 8.42 Å². The normalized spacial score (nSPS) is 12.6. The van der Waals surface area contributed by atoms with Gasteiger partial charge in [0, 0.05) is 12.5 Å². The van der Waals surface area contributed by atoms with E-state index in [0.717, 1.165) is 12.5 Å². The smallest absolute Gasteiger partial charge is 0.300 e. The average molecular weight is 332 g/mol. The summed E-state index contributed by atoms with van der Waals surface area (Å²) in [5, 5.41) is 0. The van der Waals surface area contributed by atoms with Gasteiger partial charge in [0.25, 0.3) is 0 Å². The molecule has 0 aliphatic rings. The standard InChI is InChI=1S/C5H6F6.C3H6O.C2H6O2S/c1-3(2,4(6,7)8)5(9,10)11;1-3(2)4;1-5(2,3)4/h1-2H3;1-2H3;1-2H3. The molecule has 0 fully saturated rings. The molecule has 0 aliphatic heterocycles. The summed E-state index contributed by atoms with van der Waals surface area (Å²) in [5.74, 6) is 0.167. The maximum atomic E-state index is 11.6. The molecule has 0 aromatic carbocycles. The number of hydrogen-bond donors (Lipinski definition) is 0. The minimum Gasteiger partial charge on any atom is -0.300 e. The van der Waals surface area contributed by atoms with Crippen molar-refractivity contribution in [3.8, 4) is 0 Å². The van der Waals surface area contributed by atoms with E-state index >= 15 is 0 Å². The van der Waals surface area contributed by atoms with Crippen LogP contribution in [-0.4, -0.2) is 39.1 Å². The van der Waals surface area contributed by atoms with Crippen LogP contribution in [0.2, 0.25) is 0 Å². The molecule has 10 heteroatoms. The molecular weight excluding hydrogens is 314 g/mol. The third kappa shape index (κ3) is 15.3. The fourth-order valence-electron chi connectivity index (χ4n) is 0.161. The highest BCUT2D eigenvalue weighted by atomic mass is 32.2. The SMILES string of the molecule is CC(C)(C(F)(F)F)C(F)(F)F.CC(C)=O.CS(C)(=O)=O. The van der Waals surface area contributed by atoms with Crippen molar-refractivity contribution >= 4 is 15.6 Å². The van der Waals surface area contributed by atoms with Crippen molar-refractivity contribution in [1.82, 2.24) is 0 Å². The Bertz CT molecular complexity index is 364. The third-order valence-electron chi connectivity index (χ3n) is 1.42. The second-order valence-corrected chi connectivity index (χ2v) is 6.96. The first-order chi connectivity index (χ1) is 8.23. The second-order valence-electron chi connectivity index (χ2n) is 4.67. The molecule has 0 aromatic rings. The van der Waals surface area contributed by atoms with Crippen LogP contribution in [0, 0.1) is 5.41 Å². The molecule has 0 atom stereocenters. The Labute approximate surface area is 114 Å². The van der Waals surface area contributed by atoms with Gasteiger partial charge in [-0.05, 0) is 27.7 Å². The summed E-state index contributed by atoms with van der Waals surface area (Å²) in [6.45, 7) is 3.26. The van der Waals surface area contributed by atoms with Crippen molar-refractivity contribution in [3.63, 3.8) is 0 Å². The second kappa shape index (κ2) is 7.84. The van der Waals surface area contributed by atoms with Crippen LogP contribution in [0.1, 0.15) is 27.7 Å². The van der Waals surface area contributed by atoms with E-state index in [1.54, 1.807) is 0 Å². The van der Waals surface area contributed by atoms with Gasteiger partial charge in [0.15, 0.2) is 5.41 Å². The highest BCUT2D eigenvalue weighted by Gasteiger charge is 2.64. The van der Waals surface area contributed by atoms with Crippen molar-refractivity contribution in [2.24, 2.45) is 5.41 Å². The van der Waals surface area contributed by atoms with Gasteiger partial charge < -0.3 is 4.79 Å². The lowest BCUT2D eigenvalue weighted by atomic mass is 9.92. The maximum Gasteiger partial charge on any atom is 0.402 e. The van der Waals surface area contributed by atoms with Crippen molar-refractivity contribution in [2.75, 3.05) is 12.5 Å². The van der Waals surface area contributed by atoms with Gasteiger partial charge in [0.1, 0.15) is 15.6 Å². The van der Waals surface area contributed by atoms with Crippen LogP contribution < -0.4 is 0 Å². The van der Waals surface area contributed by atoms with Gasteiger partial charge in [-0.1, -0.05) is 0 Å². The molecule has 0 saturated carbocycles. The van der Waals surface area contributed by atoms with Gasteiger partial charge in [-0.2, -0.15) is 26.3 Å². The van der Waals surface area contributed by atoms with Gasteiger partial charge in [-0.3, -0.25) is 0 Å². The monoisotopic (exact) mass is 332 g/mol. The molecule has 0 saturated heterocycles. The lowest BCUT2D eigenvalue weighted by molar-refractivity contribution is -0.327. The van der Waals surface area contributed by atoms with E-state index in [4.69, 9.17) is 0 Å². The Morgan fingerprint density at radius 2 is 0.900 bits per heavy atom. The Kier molecular flexibility index (Phi) is 9.50. The van der Waals surface area contributed by atoms with Crippen LogP contribution in [0.5, 0.6) is 0 Å². The number of alkyl halides is 6. The summed E-state index contributed by atoms with van der Waals surface area (Å²) in [7, 11) is -2.67. The fourth-order valence-corrected chi connectivity index (χ4v) is 0.161. The minimum atomic E-state index is -5.24. The molecular formula is C10H18F6O3S. The number of carbonyl (C=O) groups excluding carboxylic acids is 1. The van der Waals surface area contributed by atoms with Crippen LogP contribution >= 0.6 is 0 Å². The van der Waals surface area contributed by atoms with Crippen molar-refractivity contribution in [2.45, 2.75) is 40.0 Å². The fraction of sp³-hybridized carbons (Fsp3) is 0.900. The first-order valence-electron chi connectivity index (χ1n) is 4.99. The summed E-state index contributed by atoms with van der Waals surface area (Å²) < 4.78 is 88.9. The van der Waals surface area contributed by atoms with Crippen LogP contribution in [0.15, 0.2) is 0 Å². The Morgan fingerprint density at radius 3 is 0.900 bits per heavy atom. The summed E-state index contributed by atoms with van der Waals surface area (Å²) in [5.41, 5.74) is -3.62. The zero-order valence-electron chi connectivity index (χ0n) is 11.9. The molecule has 0 N–H and O–H groups in total. The van der Waals surface area contributed by atoms with Crippen LogP contribution in [-0.2, 0) is 14.6 Å². The summed E-state index contributed by atoms with van der Waals surface area (Å²) >= 11 is 0. The molecule has 0 unspecified atom stereocenters. The molecule has 0 rings (SSSR count). The van der Waals surface area contributed by atoms with Crippen molar-refractivity contribution in [3.05, 3.63) is 0 Å². The molecule has 0 heterocycles. The minimum absolute atomic E-state index is 0.104. The van der Waals surface area contributed by atoms with Crippen molar-refractivity contribution < 1.29 is 39.6 Å². The summed E-state index contributed by atoms with van der Waals surface area (Å²) in [6, 6.07) is 0. The topological polar surface area (TPSA) is 51.2 Å². The lowest BCUT2D eigenvalue weighted by Gasteiger charge is -2.29. The number of halogens is 6. The quantitative estimate of drug-likeness (QED) is 0.639. The number of hydrogen-bond acceptors (Lipinski definition) is 3. The third-order valence-corrected chi connectivity index (χ3v) is 1.42. The van der Waals surface area contributed by atoms with E-state index in [9.17, 15) is 39.6 Å². The Balaban J connectivity index is -0.000000266. The number of Topliss-reactive ketones (excluding diaryl/α,β-unsaturated/α-hetero) is 1. The lowest BCUT2D eigenvalue weighted by Crippen LogP contribution is -2.44. The van der Waals surface area contributed by atoms with Crippen LogP contribution in [0.4, 0.5) is 26.3 Å². The molecule has 0 aliphatic carbocycles. The maximum absolute atomic E-state index is 11.6. The van der Waals surface area contributed by atoms with E-state index in [1.165, 1.54) is 13.8 Å². The molecule has 0 bridgehead atoms. The zero-order valence-corrected chi connectivity index (χ0v) is 12.7. The van der Waals surface area contributed by atoms with Gasteiger partial charge in [0.05, 0.1) is 0 Å². The molecule has 0 spiro atoms. The number of rotatable bonds is 0. The molecule has 20 heavy (non-hydrogen) atoms. The molecule has 3 nitrogen and oxygen atoms in total. The first-order valence-corrected chi connectivity index (χ1v) is 7.29. The number of carbonyl (C=O) groups is 1. The van der Waals surface area contributed by atoms with E-state index in [-0.39, 0.29) is 19.6 Å². The van der Waals surface area contributed by atoms with Crippen LogP contribution in [0.25, 0.3) is 0 Å². The largest absolute Gasteiger partial charge is 0.402 e. The van der Waals surface area contributed by atoms with Gasteiger partial charge in [0.2, 0.25) is 0 Å². The molecule has 124 valence electrons. The predicted octanol–water partition coefficient (Wildman–Crippen LogP) is 3.39. The van der Waals surface area contributed by atoms with E-state index < -0.39 is 27.6 Å². The van der Waals surface area contributed by atoms with Gasteiger partial charge in [-0.15, -0.1) is 0 Å². The van der Waals surface area contributed by atoms with E-state index in [1.807, 2.05) is 0 Å². The highest BCUT2D eigenvalue weighted by molar-refractivity contribution is 7.89. The first kappa shape index (κ1) is 24.2. The predicted molar refractivity (Wildman–Crippen MR) is 63.0 cm³/mol.